The summed E-state index contributed by atoms with van der Waals surface area (Å²) in [4.78, 5) is 31.8. The number of hydrogen-bond donors (Lipinski definition) is 2. The second kappa shape index (κ2) is 9.92. The molecular formula is C29H25Cl2N3O2. The molecule has 182 valence electrons. The fourth-order valence-electron chi connectivity index (χ4n) is 5.14. The summed E-state index contributed by atoms with van der Waals surface area (Å²) in [5.74, 6) is -0.454. The van der Waals surface area contributed by atoms with Crippen LogP contribution in [0.15, 0.2) is 89.3 Å². The Morgan fingerprint density at radius 1 is 1.00 bits per heavy atom. The van der Waals surface area contributed by atoms with Crippen LogP contribution in [0, 0.1) is 6.92 Å². The second-order valence-corrected chi connectivity index (χ2v) is 10.1. The molecule has 1 aliphatic carbocycles. The number of amides is 1. The van der Waals surface area contributed by atoms with Crippen molar-refractivity contribution >= 4 is 40.7 Å². The number of dihydropyridines is 1. The molecule has 0 radical (unpaired) electrons. The summed E-state index contributed by atoms with van der Waals surface area (Å²) in [6.07, 6.45) is 1.03. The zero-order valence-electron chi connectivity index (χ0n) is 19.9. The van der Waals surface area contributed by atoms with Crippen molar-refractivity contribution in [2.24, 2.45) is 0 Å². The van der Waals surface area contributed by atoms with E-state index in [0.717, 1.165) is 17.0 Å². The molecule has 7 heteroatoms. The van der Waals surface area contributed by atoms with Gasteiger partial charge in [-0.1, -0.05) is 65.7 Å². The van der Waals surface area contributed by atoms with Crippen molar-refractivity contribution in [2.45, 2.75) is 38.5 Å². The number of halogens is 2. The van der Waals surface area contributed by atoms with Crippen molar-refractivity contribution in [1.29, 1.82) is 0 Å². The van der Waals surface area contributed by atoms with E-state index in [0.29, 0.717) is 51.1 Å². The monoisotopic (exact) mass is 517 g/mol. The molecule has 1 amide bonds. The largest absolute Gasteiger partial charge is 0.362 e. The highest BCUT2D eigenvalue weighted by atomic mass is 35.5. The van der Waals surface area contributed by atoms with Crippen LogP contribution < -0.4 is 10.6 Å². The molecule has 0 fully saturated rings. The minimum atomic E-state index is -0.625. The van der Waals surface area contributed by atoms with Gasteiger partial charge in [-0.25, -0.2) is 4.98 Å². The number of ketones is 1. The Morgan fingerprint density at radius 2 is 1.78 bits per heavy atom. The lowest BCUT2D eigenvalue weighted by Crippen LogP contribution is -2.37. The van der Waals surface area contributed by atoms with Crippen LogP contribution in [0.5, 0.6) is 0 Å². The van der Waals surface area contributed by atoms with Gasteiger partial charge in [-0.3, -0.25) is 9.59 Å². The van der Waals surface area contributed by atoms with Crippen molar-refractivity contribution in [3.05, 3.63) is 116 Å². The molecule has 2 heterocycles. The van der Waals surface area contributed by atoms with E-state index in [9.17, 15) is 9.59 Å². The Balaban J connectivity index is 1.59. The Bertz CT molecular complexity index is 1430. The maximum atomic E-state index is 13.7. The predicted molar refractivity (Wildman–Crippen MR) is 143 cm³/mol. The zero-order valence-corrected chi connectivity index (χ0v) is 21.5. The molecule has 2 aliphatic rings. The molecule has 36 heavy (non-hydrogen) atoms. The molecular weight excluding hydrogens is 493 g/mol. The number of anilines is 1. The molecule has 1 aromatic heterocycles. The Labute approximate surface area is 220 Å². The number of hydrogen-bond acceptors (Lipinski definition) is 4. The van der Waals surface area contributed by atoms with E-state index in [1.54, 1.807) is 24.3 Å². The first kappa shape index (κ1) is 24.3. The smallest absolute Gasteiger partial charge is 0.255 e. The predicted octanol–water partition coefficient (Wildman–Crippen LogP) is 6.70. The first-order valence-corrected chi connectivity index (χ1v) is 12.6. The van der Waals surface area contributed by atoms with Gasteiger partial charge in [0.2, 0.25) is 0 Å². The van der Waals surface area contributed by atoms with E-state index in [-0.39, 0.29) is 17.6 Å². The third kappa shape index (κ3) is 4.69. The van der Waals surface area contributed by atoms with E-state index in [1.807, 2.05) is 44.2 Å². The summed E-state index contributed by atoms with van der Waals surface area (Å²) < 4.78 is 0. The number of Topliss-reactive ketones (excluding diaryl/α,β-unsaturated/α-hetero) is 1. The SMILES string of the molecule is CC1=C(C(=O)Nc2cccc(C)n2)[C@H](c2ccc(Cl)cc2Cl)C2=C(C[C@H](c3ccccc3)CC2=O)N1. The average molecular weight is 518 g/mol. The number of nitrogens with zero attached hydrogens (tertiary/aromatic N) is 1. The fraction of sp³-hybridized carbons (Fsp3) is 0.207. The minimum absolute atomic E-state index is 0.0000929. The molecule has 3 aromatic rings. The Kier molecular flexibility index (Phi) is 6.69. The quantitative estimate of drug-likeness (QED) is 0.404. The molecule has 0 bridgehead atoms. The van der Waals surface area contributed by atoms with Gasteiger partial charge < -0.3 is 10.6 Å². The van der Waals surface area contributed by atoms with Crippen molar-refractivity contribution < 1.29 is 9.59 Å². The Morgan fingerprint density at radius 3 is 2.50 bits per heavy atom. The second-order valence-electron chi connectivity index (χ2n) is 9.21. The van der Waals surface area contributed by atoms with Gasteiger partial charge in [-0.15, -0.1) is 0 Å². The number of carbonyl (C=O) groups excluding carboxylic acids is 2. The van der Waals surface area contributed by atoms with Gasteiger partial charge in [0.05, 0.1) is 0 Å². The fourth-order valence-corrected chi connectivity index (χ4v) is 5.66. The van der Waals surface area contributed by atoms with Crippen molar-refractivity contribution in [1.82, 2.24) is 10.3 Å². The molecule has 0 saturated carbocycles. The molecule has 2 N–H and O–H groups in total. The van der Waals surface area contributed by atoms with Gasteiger partial charge >= 0.3 is 0 Å². The highest BCUT2D eigenvalue weighted by molar-refractivity contribution is 6.35. The summed E-state index contributed by atoms with van der Waals surface area (Å²) in [6, 6.07) is 20.7. The van der Waals surface area contributed by atoms with Gasteiger partial charge in [0.15, 0.2) is 5.78 Å². The number of carbonyl (C=O) groups is 2. The molecule has 2 aromatic carbocycles. The summed E-state index contributed by atoms with van der Waals surface area (Å²) in [5, 5.41) is 7.20. The van der Waals surface area contributed by atoms with Crippen LogP contribution in [0.3, 0.4) is 0 Å². The summed E-state index contributed by atoms with van der Waals surface area (Å²) >= 11 is 12.8. The first-order valence-electron chi connectivity index (χ1n) is 11.8. The lowest BCUT2D eigenvalue weighted by Gasteiger charge is -2.37. The number of aryl methyl sites for hydroxylation is 1. The third-order valence-electron chi connectivity index (χ3n) is 6.75. The molecule has 0 saturated heterocycles. The number of allylic oxidation sites excluding steroid dienone is 3. The van der Waals surface area contributed by atoms with E-state index in [2.05, 4.69) is 27.8 Å². The van der Waals surface area contributed by atoms with Gasteiger partial charge in [-0.05, 0) is 61.6 Å². The van der Waals surface area contributed by atoms with E-state index < -0.39 is 5.92 Å². The maximum Gasteiger partial charge on any atom is 0.255 e. The van der Waals surface area contributed by atoms with Crippen LogP contribution in [0.25, 0.3) is 0 Å². The number of benzene rings is 2. The lowest BCUT2D eigenvalue weighted by molar-refractivity contribution is -0.116. The van der Waals surface area contributed by atoms with E-state index >= 15 is 0 Å². The van der Waals surface area contributed by atoms with Crippen molar-refractivity contribution in [3.8, 4) is 0 Å². The normalized spacial score (nSPS) is 19.6. The van der Waals surface area contributed by atoms with Crippen molar-refractivity contribution in [3.63, 3.8) is 0 Å². The number of pyridine rings is 1. The molecule has 5 rings (SSSR count). The molecule has 2 atom stereocenters. The van der Waals surface area contributed by atoms with Crippen LogP contribution in [0.2, 0.25) is 10.0 Å². The van der Waals surface area contributed by atoms with Crippen LogP contribution >= 0.6 is 23.2 Å². The highest BCUT2D eigenvalue weighted by Crippen LogP contribution is 2.47. The highest BCUT2D eigenvalue weighted by Gasteiger charge is 2.41. The van der Waals surface area contributed by atoms with E-state index in [4.69, 9.17) is 23.2 Å². The number of nitrogens with one attached hydrogen (secondary N) is 2. The standard InChI is InChI=1S/C29H25Cl2N3O2/c1-16-7-6-10-25(32-16)34-29(36)26-17(2)33-23-13-19(18-8-4-3-5-9-18)14-24(35)28(23)27(26)21-12-11-20(30)15-22(21)31/h3-12,15,19,27,33H,13-14H2,1-2H3,(H,32,34,36)/t19-,27-/m0/s1. The minimum Gasteiger partial charge on any atom is -0.362 e. The van der Waals surface area contributed by atoms with Crippen LogP contribution in [-0.2, 0) is 9.59 Å². The lowest BCUT2D eigenvalue weighted by atomic mass is 9.71. The summed E-state index contributed by atoms with van der Waals surface area (Å²) in [7, 11) is 0. The first-order chi connectivity index (χ1) is 17.3. The topological polar surface area (TPSA) is 71.1 Å². The van der Waals surface area contributed by atoms with Gasteiger partial charge in [0.1, 0.15) is 5.82 Å². The number of aromatic nitrogens is 1. The zero-order chi connectivity index (χ0) is 25.4. The average Bonchev–Trinajstić information content (AvgIpc) is 2.83. The van der Waals surface area contributed by atoms with E-state index in [1.165, 1.54) is 0 Å². The van der Waals surface area contributed by atoms with Crippen LogP contribution in [0.1, 0.15) is 48.4 Å². The maximum absolute atomic E-state index is 13.7. The third-order valence-corrected chi connectivity index (χ3v) is 7.31. The van der Waals surface area contributed by atoms with Crippen LogP contribution in [-0.4, -0.2) is 16.7 Å². The van der Waals surface area contributed by atoms with Gasteiger partial charge in [0.25, 0.3) is 5.91 Å². The summed E-state index contributed by atoms with van der Waals surface area (Å²) in [6.45, 7) is 3.72. The van der Waals surface area contributed by atoms with Crippen LogP contribution in [0.4, 0.5) is 5.82 Å². The molecule has 1 aliphatic heterocycles. The summed E-state index contributed by atoms with van der Waals surface area (Å²) in [5.41, 5.74) is 5.11. The Hall–Kier alpha value is -3.41. The van der Waals surface area contributed by atoms with Gasteiger partial charge in [-0.2, -0.15) is 0 Å². The molecule has 5 nitrogen and oxygen atoms in total. The van der Waals surface area contributed by atoms with Crippen molar-refractivity contribution in [2.75, 3.05) is 5.32 Å². The molecule has 0 spiro atoms. The van der Waals surface area contributed by atoms with Gasteiger partial charge in [0, 0.05) is 50.6 Å². The number of rotatable bonds is 4. The molecule has 0 unspecified atom stereocenters.